The van der Waals surface area contributed by atoms with E-state index in [-0.39, 0.29) is 0 Å². The Labute approximate surface area is 137 Å². The molecule has 0 radical (unpaired) electrons. The number of Topliss-reactive ketones (excluding diaryl/α,β-unsaturated/α-hetero) is 1. The molecule has 0 fully saturated rings. The van der Waals surface area contributed by atoms with Gasteiger partial charge in [0.05, 0.1) is 0 Å². The number of anilines is 1. The van der Waals surface area contributed by atoms with E-state index in [2.05, 4.69) is 10.3 Å². The monoisotopic (exact) mass is 322 g/mol. The minimum absolute atomic E-state index is 0.382. The van der Waals surface area contributed by atoms with Crippen LogP contribution in [0, 0.1) is 6.92 Å². The Hall–Kier alpha value is -2.79. The number of aryl methyl sites for hydroxylation is 1. The molecular weight excluding hydrogens is 308 g/mol. The molecule has 4 nitrogen and oxygen atoms in total. The van der Waals surface area contributed by atoms with Crippen molar-refractivity contribution in [2.75, 3.05) is 5.32 Å². The number of thiazole rings is 1. The zero-order chi connectivity index (χ0) is 16.2. The molecule has 0 aliphatic rings. The number of nitrogens with zero attached hydrogens (tertiary/aromatic N) is 1. The van der Waals surface area contributed by atoms with Gasteiger partial charge in [-0.2, -0.15) is 0 Å². The summed E-state index contributed by atoms with van der Waals surface area (Å²) in [5.74, 6) is -1.19. The lowest BCUT2D eigenvalue weighted by molar-refractivity contribution is -0.112. The summed E-state index contributed by atoms with van der Waals surface area (Å²) in [6, 6.07) is 14.2. The number of hydrogen-bond donors (Lipinski definition) is 1. The average molecular weight is 322 g/mol. The molecule has 0 aliphatic carbocycles. The van der Waals surface area contributed by atoms with Crippen LogP contribution in [0.5, 0.6) is 0 Å². The van der Waals surface area contributed by atoms with E-state index < -0.39 is 11.7 Å². The standard InChI is InChI=1S/C18H14N2O2S/c1-12-2-4-13(5-3-12)16(21)17(22)20-15-8-6-14(7-9-15)18-19-10-11-23-18/h2-11H,1H3,(H,20,22). The van der Waals surface area contributed by atoms with E-state index in [1.54, 1.807) is 41.8 Å². The molecule has 1 N–H and O–H groups in total. The van der Waals surface area contributed by atoms with Crippen LogP contribution in [-0.4, -0.2) is 16.7 Å². The second-order valence-electron chi connectivity index (χ2n) is 5.06. The van der Waals surface area contributed by atoms with Gasteiger partial charge in [-0.1, -0.05) is 29.8 Å². The highest BCUT2D eigenvalue weighted by atomic mass is 32.1. The van der Waals surface area contributed by atoms with Crippen LogP contribution in [-0.2, 0) is 4.79 Å². The predicted octanol–water partition coefficient (Wildman–Crippen LogP) is 3.94. The third-order valence-corrected chi connectivity index (χ3v) is 4.16. The minimum atomic E-state index is -0.643. The molecule has 3 rings (SSSR count). The van der Waals surface area contributed by atoms with E-state index in [1.807, 2.05) is 36.6 Å². The first-order chi connectivity index (χ1) is 11.1. The maximum Gasteiger partial charge on any atom is 0.296 e. The van der Waals surface area contributed by atoms with Crippen molar-refractivity contribution in [2.24, 2.45) is 0 Å². The molecule has 1 amide bonds. The number of carbonyl (C=O) groups is 2. The van der Waals surface area contributed by atoms with Crippen LogP contribution in [0.4, 0.5) is 5.69 Å². The number of benzene rings is 2. The summed E-state index contributed by atoms with van der Waals surface area (Å²) in [7, 11) is 0. The third-order valence-electron chi connectivity index (χ3n) is 3.34. The van der Waals surface area contributed by atoms with Gasteiger partial charge in [-0.3, -0.25) is 9.59 Å². The van der Waals surface area contributed by atoms with Crippen LogP contribution in [0.25, 0.3) is 10.6 Å². The molecule has 0 saturated carbocycles. The SMILES string of the molecule is Cc1ccc(C(=O)C(=O)Nc2ccc(-c3nccs3)cc2)cc1. The Morgan fingerprint density at radius 3 is 2.30 bits per heavy atom. The van der Waals surface area contributed by atoms with Crippen LogP contribution >= 0.6 is 11.3 Å². The van der Waals surface area contributed by atoms with Gasteiger partial charge >= 0.3 is 0 Å². The number of carbonyl (C=O) groups excluding carboxylic acids is 2. The highest BCUT2D eigenvalue weighted by Crippen LogP contribution is 2.23. The van der Waals surface area contributed by atoms with Crippen LogP contribution < -0.4 is 5.32 Å². The fourth-order valence-electron chi connectivity index (χ4n) is 2.09. The van der Waals surface area contributed by atoms with E-state index in [4.69, 9.17) is 0 Å². The molecule has 0 bridgehead atoms. The smallest absolute Gasteiger partial charge is 0.296 e. The van der Waals surface area contributed by atoms with Gasteiger partial charge in [0.25, 0.3) is 11.7 Å². The molecule has 0 saturated heterocycles. The van der Waals surface area contributed by atoms with Crippen LogP contribution in [0.15, 0.2) is 60.1 Å². The lowest BCUT2D eigenvalue weighted by Crippen LogP contribution is -2.22. The molecule has 114 valence electrons. The number of rotatable bonds is 4. The van der Waals surface area contributed by atoms with Crippen molar-refractivity contribution in [3.8, 4) is 10.6 Å². The van der Waals surface area contributed by atoms with Gasteiger partial charge < -0.3 is 5.32 Å². The topological polar surface area (TPSA) is 59.1 Å². The molecule has 5 heteroatoms. The van der Waals surface area contributed by atoms with Crippen molar-refractivity contribution in [2.45, 2.75) is 6.92 Å². The molecule has 0 atom stereocenters. The van der Waals surface area contributed by atoms with Crippen LogP contribution in [0.2, 0.25) is 0 Å². The second kappa shape index (κ2) is 6.54. The third kappa shape index (κ3) is 3.52. The second-order valence-corrected chi connectivity index (χ2v) is 5.96. The molecular formula is C18H14N2O2S. The summed E-state index contributed by atoms with van der Waals surface area (Å²) < 4.78 is 0. The van der Waals surface area contributed by atoms with E-state index in [0.717, 1.165) is 16.1 Å². The number of nitrogens with one attached hydrogen (secondary N) is 1. The van der Waals surface area contributed by atoms with Gasteiger partial charge in [-0.05, 0) is 31.2 Å². The lowest BCUT2D eigenvalue weighted by atomic mass is 10.1. The van der Waals surface area contributed by atoms with Crippen molar-refractivity contribution in [3.63, 3.8) is 0 Å². The summed E-state index contributed by atoms with van der Waals surface area (Å²) in [6.07, 6.45) is 1.75. The highest BCUT2D eigenvalue weighted by Gasteiger charge is 2.16. The van der Waals surface area contributed by atoms with Crippen molar-refractivity contribution in [1.29, 1.82) is 0 Å². The van der Waals surface area contributed by atoms with Gasteiger partial charge in [0.2, 0.25) is 0 Å². The maximum atomic E-state index is 12.1. The normalized spacial score (nSPS) is 10.3. The largest absolute Gasteiger partial charge is 0.319 e. The van der Waals surface area contributed by atoms with Gasteiger partial charge in [0, 0.05) is 28.4 Å². The zero-order valence-corrected chi connectivity index (χ0v) is 13.3. The lowest BCUT2D eigenvalue weighted by Gasteiger charge is -2.05. The molecule has 23 heavy (non-hydrogen) atoms. The van der Waals surface area contributed by atoms with E-state index in [9.17, 15) is 9.59 Å². The number of amides is 1. The first-order valence-electron chi connectivity index (χ1n) is 7.06. The molecule has 1 aromatic heterocycles. The zero-order valence-electron chi connectivity index (χ0n) is 12.4. The molecule has 0 aliphatic heterocycles. The van der Waals surface area contributed by atoms with E-state index in [0.29, 0.717) is 11.3 Å². The summed E-state index contributed by atoms with van der Waals surface area (Å²) in [5.41, 5.74) is 2.98. The highest BCUT2D eigenvalue weighted by molar-refractivity contribution is 7.13. The van der Waals surface area contributed by atoms with Gasteiger partial charge in [0.15, 0.2) is 0 Å². The quantitative estimate of drug-likeness (QED) is 0.584. The van der Waals surface area contributed by atoms with Crippen molar-refractivity contribution in [1.82, 2.24) is 4.98 Å². The number of aromatic nitrogens is 1. The summed E-state index contributed by atoms with van der Waals surface area (Å²) in [5, 5.41) is 5.45. The van der Waals surface area contributed by atoms with Crippen LogP contribution in [0.1, 0.15) is 15.9 Å². The molecule has 3 aromatic rings. The van der Waals surface area contributed by atoms with E-state index >= 15 is 0 Å². The van der Waals surface area contributed by atoms with Crippen molar-refractivity contribution >= 4 is 28.7 Å². The minimum Gasteiger partial charge on any atom is -0.319 e. The fraction of sp³-hybridized carbons (Fsp3) is 0.0556. The number of hydrogen-bond acceptors (Lipinski definition) is 4. The Kier molecular flexibility index (Phi) is 4.30. The summed E-state index contributed by atoms with van der Waals surface area (Å²) in [6.45, 7) is 1.93. The number of ketones is 1. The van der Waals surface area contributed by atoms with Gasteiger partial charge in [0.1, 0.15) is 5.01 Å². The Balaban J connectivity index is 1.70. The summed E-state index contributed by atoms with van der Waals surface area (Å²) >= 11 is 1.55. The predicted molar refractivity (Wildman–Crippen MR) is 91.7 cm³/mol. The van der Waals surface area contributed by atoms with Gasteiger partial charge in [-0.25, -0.2) is 4.98 Å². The van der Waals surface area contributed by atoms with E-state index in [1.165, 1.54) is 0 Å². The van der Waals surface area contributed by atoms with Crippen molar-refractivity contribution in [3.05, 3.63) is 71.2 Å². The maximum absolute atomic E-state index is 12.1. The van der Waals surface area contributed by atoms with Crippen LogP contribution in [0.3, 0.4) is 0 Å². The molecule has 1 heterocycles. The molecule has 0 spiro atoms. The Morgan fingerprint density at radius 1 is 1.00 bits per heavy atom. The fourth-order valence-corrected chi connectivity index (χ4v) is 2.73. The Morgan fingerprint density at radius 2 is 1.70 bits per heavy atom. The Bertz CT molecular complexity index is 822. The van der Waals surface area contributed by atoms with Gasteiger partial charge in [-0.15, -0.1) is 11.3 Å². The average Bonchev–Trinajstić information content (AvgIpc) is 3.10. The van der Waals surface area contributed by atoms with Crippen molar-refractivity contribution < 1.29 is 9.59 Å². The first-order valence-corrected chi connectivity index (χ1v) is 7.94. The molecule has 2 aromatic carbocycles. The summed E-state index contributed by atoms with van der Waals surface area (Å²) in [4.78, 5) is 28.4. The first kappa shape index (κ1) is 15.1. The molecule has 0 unspecified atom stereocenters.